The fourth-order valence-electron chi connectivity index (χ4n) is 4.11. The number of aromatic nitrogens is 2. The van der Waals surface area contributed by atoms with E-state index < -0.39 is 0 Å². The van der Waals surface area contributed by atoms with Gasteiger partial charge in [0.2, 0.25) is 5.91 Å². The van der Waals surface area contributed by atoms with E-state index in [-0.39, 0.29) is 17.8 Å². The Morgan fingerprint density at radius 2 is 1.43 bits per heavy atom. The summed E-state index contributed by atoms with van der Waals surface area (Å²) in [5.74, 6) is 0.543. The molecule has 3 aromatic carbocycles. The van der Waals surface area contributed by atoms with Crippen LogP contribution >= 0.6 is 0 Å². The van der Waals surface area contributed by atoms with Crippen LogP contribution in [0.5, 0.6) is 0 Å². The second-order valence-corrected chi connectivity index (χ2v) is 8.16. The third-order valence-corrected chi connectivity index (χ3v) is 5.73. The minimum atomic E-state index is -0.131. The van der Waals surface area contributed by atoms with Gasteiger partial charge in [0.05, 0.1) is 10.9 Å². The Balaban J connectivity index is 1.58. The summed E-state index contributed by atoms with van der Waals surface area (Å²) in [7, 11) is 0. The average Bonchev–Trinajstić information content (AvgIpc) is 2.89. The normalized spacial score (nSPS) is 10.7. The van der Waals surface area contributed by atoms with E-state index in [1.807, 2.05) is 95.6 Å². The second-order valence-electron chi connectivity index (χ2n) is 8.16. The Kier molecular flexibility index (Phi) is 6.35. The monoisotopic (exact) mass is 460 g/mol. The van der Waals surface area contributed by atoms with Crippen molar-refractivity contribution in [3.05, 3.63) is 125 Å². The number of para-hydroxylation sites is 3. The predicted octanol–water partition coefficient (Wildman–Crippen LogP) is 5.70. The molecule has 0 saturated heterocycles. The van der Waals surface area contributed by atoms with Gasteiger partial charge in [0, 0.05) is 41.9 Å². The molecule has 35 heavy (non-hydrogen) atoms. The first-order valence-corrected chi connectivity index (χ1v) is 11.4. The van der Waals surface area contributed by atoms with Gasteiger partial charge in [-0.3, -0.25) is 19.1 Å². The van der Waals surface area contributed by atoms with Crippen molar-refractivity contribution in [3.63, 3.8) is 0 Å². The zero-order valence-corrected chi connectivity index (χ0v) is 19.0. The van der Waals surface area contributed by atoms with Crippen molar-refractivity contribution < 1.29 is 4.79 Å². The SMILES string of the molecule is O=C(CCc1cncc2c(=O)cc(Nc3ccccc3)n(-c3ccccc3)c12)Nc1ccccc1. The lowest BCUT2D eigenvalue weighted by molar-refractivity contribution is -0.116. The maximum Gasteiger partial charge on any atom is 0.224 e. The topological polar surface area (TPSA) is 76.0 Å². The lowest BCUT2D eigenvalue weighted by Gasteiger charge is -2.20. The van der Waals surface area contributed by atoms with Crippen molar-refractivity contribution in [1.29, 1.82) is 0 Å². The molecule has 172 valence electrons. The first-order chi connectivity index (χ1) is 17.2. The van der Waals surface area contributed by atoms with Gasteiger partial charge in [-0.25, -0.2) is 0 Å². The van der Waals surface area contributed by atoms with Crippen LogP contribution in [0.2, 0.25) is 0 Å². The number of benzene rings is 3. The summed E-state index contributed by atoms with van der Waals surface area (Å²) >= 11 is 0. The Morgan fingerprint density at radius 1 is 0.800 bits per heavy atom. The molecule has 2 aromatic heterocycles. The molecule has 1 amide bonds. The van der Waals surface area contributed by atoms with Crippen molar-refractivity contribution in [3.8, 4) is 5.69 Å². The van der Waals surface area contributed by atoms with E-state index in [9.17, 15) is 9.59 Å². The highest BCUT2D eigenvalue weighted by Gasteiger charge is 2.16. The van der Waals surface area contributed by atoms with E-state index in [2.05, 4.69) is 15.6 Å². The summed E-state index contributed by atoms with van der Waals surface area (Å²) in [6.07, 6.45) is 4.03. The molecule has 0 aliphatic carbocycles. The molecular weight excluding hydrogens is 436 g/mol. The molecule has 6 nitrogen and oxygen atoms in total. The molecule has 0 unspecified atom stereocenters. The van der Waals surface area contributed by atoms with Crippen LogP contribution in [0.15, 0.2) is 114 Å². The number of carbonyl (C=O) groups is 1. The van der Waals surface area contributed by atoms with Gasteiger partial charge in [-0.1, -0.05) is 54.6 Å². The largest absolute Gasteiger partial charge is 0.341 e. The maximum absolute atomic E-state index is 13.1. The van der Waals surface area contributed by atoms with Gasteiger partial charge in [-0.15, -0.1) is 0 Å². The number of hydrogen-bond acceptors (Lipinski definition) is 4. The molecule has 5 rings (SSSR count). The van der Waals surface area contributed by atoms with Gasteiger partial charge in [0.1, 0.15) is 5.82 Å². The summed E-state index contributed by atoms with van der Waals surface area (Å²) in [5.41, 5.74) is 3.96. The summed E-state index contributed by atoms with van der Waals surface area (Å²) in [6.45, 7) is 0. The van der Waals surface area contributed by atoms with Gasteiger partial charge in [-0.2, -0.15) is 0 Å². The van der Waals surface area contributed by atoms with Crippen LogP contribution in [-0.2, 0) is 11.2 Å². The number of carbonyl (C=O) groups excluding carboxylic acids is 1. The zero-order valence-electron chi connectivity index (χ0n) is 19.0. The predicted molar refractivity (Wildman–Crippen MR) is 140 cm³/mol. The molecule has 0 aliphatic heterocycles. The van der Waals surface area contributed by atoms with E-state index >= 15 is 0 Å². The fourth-order valence-corrected chi connectivity index (χ4v) is 4.11. The van der Waals surface area contributed by atoms with E-state index in [0.717, 1.165) is 28.1 Å². The number of nitrogens with one attached hydrogen (secondary N) is 2. The number of hydrogen-bond donors (Lipinski definition) is 2. The standard InChI is InChI=1S/C29H24N4O2/c34-26-18-27(31-22-10-4-1-5-11-22)33(24-14-8-3-9-15-24)29-21(19-30-20-25(26)29)16-17-28(35)32-23-12-6-2-7-13-23/h1-15,18-20,31H,16-17H2,(H,32,35). The maximum atomic E-state index is 13.1. The quantitative estimate of drug-likeness (QED) is 0.327. The lowest BCUT2D eigenvalue weighted by atomic mass is 10.1. The van der Waals surface area contributed by atoms with E-state index in [1.54, 1.807) is 18.5 Å². The first-order valence-electron chi connectivity index (χ1n) is 11.4. The van der Waals surface area contributed by atoms with Crippen LogP contribution in [0, 0.1) is 0 Å². The van der Waals surface area contributed by atoms with Crippen molar-refractivity contribution in [1.82, 2.24) is 9.55 Å². The van der Waals surface area contributed by atoms with Gasteiger partial charge in [0.25, 0.3) is 0 Å². The number of rotatable bonds is 7. The molecule has 2 N–H and O–H groups in total. The molecular formula is C29H24N4O2. The van der Waals surface area contributed by atoms with Gasteiger partial charge < -0.3 is 10.6 Å². The minimum Gasteiger partial charge on any atom is -0.341 e. The van der Waals surface area contributed by atoms with Crippen molar-refractivity contribution in [2.24, 2.45) is 0 Å². The molecule has 0 radical (unpaired) electrons. The molecule has 2 heterocycles. The van der Waals surface area contributed by atoms with Crippen molar-refractivity contribution >= 4 is 34.0 Å². The second kappa shape index (κ2) is 10.1. The number of nitrogens with zero attached hydrogens (tertiary/aromatic N) is 2. The summed E-state index contributed by atoms with van der Waals surface area (Å²) < 4.78 is 2.02. The number of fused-ring (bicyclic) bond motifs is 1. The third-order valence-electron chi connectivity index (χ3n) is 5.73. The molecule has 0 fully saturated rings. The van der Waals surface area contributed by atoms with Crippen LogP contribution in [0.4, 0.5) is 17.2 Å². The molecule has 0 saturated carbocycles. The van der Waals surface area contributed by atoms with Crippen molar-refractivity contribution in [2.75, 3.05) is 10.6 Å². The van der Waals surface area contributed by atoms with Crippen LogP contribution < -0.4 is 16.1 Å². The highest BCUT2D eigenvalue weighted by molar-refractivity contribution is 5.91. The zero-order chi connectivity index (χ0) is 24.0. The molecule has 0 aliphatic rings. The summed E-state index contributed by atoms with van der Waals surface area (Å²) in [5, 5.41) is 6.82. The number of anilines is 3. The van der Waals surface area contributed by atoms with Gasteiger partial charge >= 0.3 is 0 Å². The van der Waals surface area contributed by atoms with Crippen LogP contribution in [0.25, 0.3) is 16.6 Å². The number of amides is 1. The molecule has 0 bridgehead atoms. The smallest absolute Gasteiger partial charge is 0.224 e. The average molecular weight is 461 g/mol. The van der Waals surface area contributed by atoms with Crippen LogP contribution in [0.3, 0.4) is 0 Å². The summed E-state index contributed by atoms with van der Waals surface area (Å²) in [4.78, 5) is 30.1. The molecule has 0 spiro atoms. The Labute approximate surface area is 202 Å². The van der Waals surface area contributed by atoms with E-state index in [4.69, 9.17) is 0 Å². The summed E-state index contributed by atoms with van der Waals surface area (Å²) in [6, 6.07) is 30.5. The highest BCUT2D eigenvalue weighted by atomic mass is 16.1. The number of pyridine rings is 2. The molecule has 0 atom stereocenters. The Hall–Kier alpha value is -4.71. The Morgan fingerprint density at radius 3 is 2.11 bits per heavy atom. The highest BCUT2D eigenvalue weighted by Crippen LogP contribution is 2.27. The van der Waals surface area contributed by atoms with Gasteiger partial charge in [0.15, 0.2) is 5.43 Å². The molecule has 6 heteroatoms. The van der Waals surface area contributed by atoms with Crippen LogP contribution in [0.1, 0.15) is 12.0 Å². The fraction of sp³-hybridized carbons (Fsp3) is 0.0690. The Bertz CT molecular complexity index is 1520. The van der Waals surface area contributed by atoms with Crippen molar-refractivity contribution in [2.45, 2.75) is 12.8 Å². The third kappa shape index (κ3) is 4.96. The first kappa shape index (κ1) is 22.1. The van der Waals surface area contributed by atoms with Crippen LogP contribution in [-0.4, -0.2) is 15.5 Å². The lowest BCUT2D eigenvalue weighted by Crippen LogP contribution is -2.16. The number of aryl methyl sites for hydroxylation is 1. The molecule has 5 aromatic rings. The van der Waals surface area contributed by atoms with E-state index in [0.29, 0.717) is 17.6 Å². The van der Waals surface area contributed by atoms with Gasteiger partial charge in [-0.05, 0) is 48.4 Å². The minimum absolute atomic E-state index is 0.0969. The van der Waals surface area contributed by atoms with E-state index in [1.165, 1.54) is 0 Å².